The topological polar surface area (TPSA) is 196 Å². The van der Waals surface area contributed by atoms with E-state index in [0.29, 0.717) is 74.8 Å². The lowest BCUT2D eigenvalue weighted by atomic mass is 9.52. The van der Waals surface area contributed by atoms with Gasteiger partial charge in [0.25, 0.3) is 0 Å². The molecule has 15 fully saturated rings. The molecule has 14 saturated carbocycles. The lowest BCUT2D eigenvalue weighted by molar-refractivity contribution is -0.282. The smallest absolute Gasteiger partial charge is 0.462 e. The molecule has 562 valence electrons. The second-order valence-electron chi connectivity index (χ2n) is 39.2. The van der Waals surface area contributed by atoms with Crippen molar-refractivity contribution in [3.8, 4) is 0 Å². The summed E-state index contributed by atoms with van der Waals surface area (Å²) in [6, 6.07) is 0. The van der Waals surface area contributed by atoms with E-state index < -0.39 is 39.2 Å². The van der Waals surface area contributed by atoms with Crippen LogP contribution in [0.15, 0.2) is 0 Å². The molecule has 1 saturated heterocycles. The fourth-order valence-electron chi connectivity index (χ4n) is 19.9. The van der Waals surface area contributed by atoms with Gasteiger partial charge in [-0.3, -0.25) is 19.2 Å². The molecule has 15 aliphatic rings. The van der Waals surface area contributed by atoms with Gasteiger partial charge in [-0.2, -0.15) is 0 Å². The summed E-state index contributed by atoms with van der Waals surface area (Å²) in [5, 5.41) is 0. The minimum Gasteiger partial charge on any atom is -0.462 e. The first-order valence-corrected chi connectivity index (χ1v) is 39.0. The molecule has 0 aromatic carbocycles. The van der Waals surface area contributed by atoms with Crippen molar-refractivity contribution in [1.82, 2.24) is 0 Å². The van der Waals surface area contributed by atoms with Gasteiger partial charge in [-0.25, -0.2) is 4.79 Å². The number of hydrogen-bond acceptors (Lipinski definition) is 17. The number of carbonyl (C=O) groups excluding carboxylic acids is 5. The molecule has 15 rings (SSSR count). The number of fused-ring (bicyclic) bond motifs is 1. The Kier molecular flexibility index (Phi) is 24.3. The highest BCUT2D eigenvalue weighted by molar-refractivity contribution is 5.77. The zero-order chi connectivity index (χ0) is 71.9. The van der Waals surface area contributed by atoms with Crippen LogP contribution in [0.3, 0.4) is 0 Å². The summed E-state index contributed by atoms with van der Waals surface area (Å²) in [6.07, 6.45) is 27.4. The minimum atomic E-state index is -0.585. The molecule has 7 atom stereocenters. The first-order chi connectivity index (χ1) is 45.4. The molecule has 17 nitrogen and oxygen atoms in total. The normalized spacial score (nSPS) is 36.8. The molecule has 12 bridgehead atoms. The summed E-state index contributed by atoms with van der Waals surface area (Å²) < 4.78 is 70.4. The summed E-state index contributed by atoms with van der Waals surface area (Å²) in [6.45, 7) is 42.1. The molecular weight excluding hydrogens is 1240 g/mol. The van der Waals surface area contributed by atoms with Gasteiger partial charge in [-0.05, 0) is 309 Å². The molecule has 0 radical (unpaired) electrons. The molecule has 0 amide bonds. The maximum absolute atomic E-state index is 13.0. The Labute approximate surface area is 591 Å². The lowest BCUT2D eigenvalue weighted by Crippen LogP contribution is -2.62. The highest BCUT2D eigenvalue weighted by Gasteiger charge is 2.63. The number of esters is 4. The van der Waals surface area contributed by atoms with Crippen LogP contribution >= 0.6 is 0 Å². The van der Waals surface area contributed by atoms with Gasteiger partial charge in [-0.15, -0.1) is 0 Å². The first-order valence-electron chi connectivity index (χ1n) is 39.0. The standard InChI is InChI=1S/C27H42O4.C22H38O4.C20H34O5.C12H22O4/c1-4-24(2,3)23(28)31-27-14-21-8-22(15-27)13-26(12-21,16-27)30-17-29-25-9-18-5-19(10-25)7-20(6-18)11-25;1-7-20(5,6)18(23)26-22-11-16-8-17(12-22)10-21(9-16,13-22)25-15-24-14-19(2,3)4;1-7-20(5,6)17(21)24-16-10-14-8-13(9-15(14)11-16)12-23-18(22)25-19(2,3)4;1-6-11(2,3)10(13)14-7-9-8-15-12(4,5)16-9/h18-22H,4-17H2,1-3H3;16-17H,7-15H2,1-6H3;13-16H,7-12H2,1-6H3;9H,6-8H2,1-5H3. The van der Waals surface area contributed by atoms with Crippen LogP contribution in [-0.2, 0) is 76.0 Å². The molecule has 0 aromatic heterocycles. The Morgan fingerprint density at radius 2 is 0.816 bits per heavy atom. The third-order valence-electron chi connectivity index (χ3n) is 25.6. The van der Waals surface area contributed by atoms with Crippen LogP contribution in [0.25, 0.3) is 0 Å². The van der Waals surface area contributed by atoms with E-state index in [-0.39, 0.29) is 76.1 Å². The summed E-state index contributed by atoms with van der Waals surface area (Å²) >= 11 is 0. The Morgan fingerprint density at radius 1 is 0.429 bits per heavy atom. The molecule has 7 unspecified atom stereocenters. The number of hydrogen-bond donors (Lipinski definition) is 0. The summed E-state index contributed by atoms with van der Waals surface area (Å²) in [5.74, 6) is 5.89. The average Bonchev–Trinajstić information content (AvgIpc) is 0.902. The van der Waals surface area contributed by atoms with E-state index in [1.807, 2.05) is 104 Å². The highest BCUT2D eigenvalue weighted by atomic mass is 16.8. The van der Waals surface area contributed by atoms with Crippen molar-refractivity contribution in [2.75, 3.05) is 40.0 Å². The van der Waals surface area contributed by atoms with Crippen LogP contribution in [0.4, 0.5) is 4.79 Å². The van der Waals surface area contributed by atoms with E-state index in [1.165, 1.54) is 51.4 Å². The summed E-state index contributed by atoms with van der Waals surface area (Å²) in [7, 11) is 0. The summed E-state index contributed by atoms with van der Waals surface area (Å²) in [4.78, 5) is 61.3. The Bertz CT molecular complexity index is 2650. The van der Waals surface area contributed by atoms with Crippen LogP contribution in [0, 0.1) is 86.3 Å². The lowest BCUT2D eigenvalue weighted by Gasteiger charge is -2.61. The molecular formula is C81H136O17. The number of rotatable bonds is 23. The predicted molar refractivity (Wildman–Crippen MR) is 375 cm³/mol. The third-order valence-corrected chi connectivity index (χ3v) is 25.6. The Balaban J connectivity index is 0.000000157. The van der Waals surface area contributed by atoms with Crippen molar-refractivity contribution in [3.63, 3.8) is 0 Å². The average molecular weight is 1380 g/mol. The highest BCUT2D eigenvalue weighted by Crippen LogP contribution is 2.63. The van der Waals surface area contributed by atoms with Crippen molar-refractivity contribution in [2.24, 2.45) is 86.3 Å². The molecule has 17 heteroatoms. The maximum atomic E-state index is 13.0. The van der Waals surface area contributed by atoms with E-state index in [1.54, 1.807) is 0 Å². The van der Waals surface area contributed by atoms with Crippen molar-refractivity contribution < 1.29 is 80.8 Å². The second kappa shape index (κ2) is 30.2. The fourth-order valence-corrected chi connectivity index (χ4v) is 19.9. The molecule has 98 heavy (non-hydrogen) atoms. The predicted octanol–water partition coefficient (Wildman–Crippen LogP) is 18.0. The zero-order valence-electron chi connectivity index (χ0n) is 65.0. The van der Waals surface area contributed by atoms with Crippen molar-refractivity contribution in [2.45, 2.75) is 357 Å². The van der Waals surface area contributed by atoms with Gasteiger partial charge >= 0.3 is 30.0 Å². The molecule has 1 heterocycles. The molecule has 14 aliphatic carbocycles. The van der Waals surface area contributed by atoms with Gasteiger partial charge in [-0.1, -0.05) is 48.5 Å². The van der Waals surface area contributed by atoms with E-state index >= 15 is 0 Å². The van der Waals surface area contributed by atoms with Gasteiger partial charge in [0.15, 0.2) is 5.79 Å². The largest absolute Gasteiger partial charge is 0.508 e. The molecule has 0 N–H and O–H groups in total. The van der Waals surface area contributed by atoms with Crippen molar-refractivity contribution in [1.29, 1.82) is 0 Å². The second-order valence-corrected chi connectivity index (χ2v) is 39.2. The molecule has 0 spiro atoms. The molecule has 1 aliphatic heterocycles. The monoisotopic (exact) mass is 1380 g/mol. The third kappa shape index (κ3) is 20.2. The van der Waals surface area contributed by atoms with Crippen LogP contribution in [0.2, 0.25) is 0 Å². The van der Waals surface area contributed by atoms with Crippen LogP contribution in [0.1, 0.15) is 305 Å². The van der Waals surface area contributed by atoms with Gasteiger partial charge in [0.1, 0.15) is 49.2 Å². The maximum Gasteiger partial charge on any atom is 0.508 e. The van der Waals surface area contributed by atoms with Crippen molar-refractivity contribution in [3.05, 3.63) is 0 Å². The van der Waals surface area contributed by atoms with Crippen molar-refractivity contribution >= 4 is 30.0 Å². The van der Waals surface area contributed by atoms with E-state index in [2.05, 4.69) is 34.6 Å². The number of carbonyl (C=O) groups is 5. The first kappa shape index (κ1) is 79.0. The van der Waals surface area contributed by atoms with Crippen LogP contribution in [0.5, 0.6) is 0 Å². The molecule has 0 aromatic rings. The quantitative estimate of drug-likeness (QED) is 0.0405. The minimum absolute atomic E-state index is 0.0167. The summed E-state index contributed by atoms with van der Waals surface area (Å²) in [5.41, 5.74) is -2.80. The van der Waals surface area contributed by atoms with E-state index in [0.717, 1.165) is 133 Å². The van der Waals surface area contributed by atoms with Crippen LogP contribution in [-0.4, -0.2) is 122 Å². The fraction of sp³-hybridized carbons (Fsp3) is 0.938. The van der Waals surface area contributed by atoms with Gasteiger partial charge in [0, 0.05) is 12.8 Å². The number of ether oxygens (including phenoxy) is 12. The SMILES string of the molecule is CCC(C)(C)C(=O)OC12CC3CC(CC(OCOC45CC6CC(CC(C6)C4)C5)(C3)C1)C2.CCC(C)(C)C(=O)OC12CC3CC(CC(OCOCC(C)(C)C)(C3)C1)C2.CCC(C)(C)C(=O)OC1CC2CC(COC(=O)OC(C)(C)C)CC2C1.CCC(C)(C)C(=O)OCC1COC(C)(C)O1. The van der Waals surface area contributed by atoms with Gasteiger partial charge < -0.3 is 56.8 Å². The Hall–Kier alpha value is -3.09. The van der Waals surface area contributed by atoms with E-state index in [9.17, 15) is 24.0 Å². The van der Waals surface area contributed by atoms with Gasteiger partial charge in [0.05, 0.1) is 58.3 Å². The zero-order valence-corrected chi connectivity index (χ0v) is 65.0. The van der Waals surface area contributed by atoms with Crippen LogP contribution < -0.4 is 0 Å². The van der Waals surface area contributed by atoms with E-state index in [4.69, 9.17) is 56.8 Å². The Morgan fingerprint density at radius 3 is 1.22 bits per heavy atom. The van der Waals surface area contributed by atoms with Gasteiger partial charge in [0.2, 0.25) is 0 Å².